The van der Waals surface area contributed by atoms with E-state index in [-0.39, 0.29) is 12.5 Å². The van der Waals surface area contributed by atoms with Gasteiger partial charge in [-0.25, -0.2) is 0 Å². The first-order valence-electron chi connectivity index (χ1n) is 8.75. The highest BCUT2D eigenvalue weighted by atomic mass is 32.1. The fourth-order valence-corrected chi connectivity index (χ4v) is 3.78. The number of nitrogens with one attached hydrogen (secondary N) is 2. The molecule has 134 valence electrons. The number of hydrogen-bond donors (Lipinski definition) is 2. The van der Waals surface area contributed by atoms with Crippen LogP contribution >= 0.6 is 11.3 Å². The molecule has 1 atom stereocenters. The Kier molecular flexibility index (Phi) is 5.08. The number of thiophene rings is 1. The predicted molar refractivity (Wildman–Crippen MR) is 100 cm³/mol. The van der Waals surface area contributed by atoms with Crippen LogP contribution in [0.3, 0.4) is 0 Å². The van der Waals surface area contributed by atoms with Gasteiger partial charge in [0.1, 0.15) is 0 Å². The van der Waals surface area contributed by atoms with E-state index in [1.165, 1.54) is 29.7 Å². The van der Waals surface area contributed by atoms with Crippen LogP contribution in [0.1, 0.15) is 40.5 Å². The standard InChI is InChI=1S/C19H20N4O2S/c24-18(14-7-5-13(6-8-14)15-3-1-9-20-11-15)21-12-17-22-19(25-23-17)16-4-2-10-26-16/h2,4-8,10,15,20H,1,3,9,11-12H2,(H,21,24). The van der Waals surface area contributed by atoms with E-state index in [9.17, 15) is 4.79 Å². The van der Waals surface area contributed by atoms with Crippen molar-refractivity contribution in [3.63, 3.8) is 0 Å². The van der Waals surface area contributed by atoms with Crippen molar-refractivity contribution in [3.8, 4) is 10.8 Å². The third-order valence-corrected chi connectivity index (χ3v) is 5.41. The van der Waals surface area contributed by atoms with Crippen molar-refractivity contribution in [2.45, 2.75) is 25.3 Å². The zero-order chi connectivity index (χ0) is 17.8. The van der Waals surface area contributed by atoms with E-state index in [1.807, 2.05) is 29.6 Å². The van der Waals surface area contributed by atoms with Crippen LogP contribution in [0.4, 0.5) is 0 Å². The minimum Gasteiger partial charge on any atom is -0.345 e. The normalized spacial score (nSPS) is 17.2. The van der Waals surface area contributed by atoms with Gasteiger partial charge in [0, 0.05) is 12.1 Å². The predicted octanol–water partition coefficient (Wildman–Crippen LogP) is 3.20. The lowest BCUT2D eigenvalue weighted by molar-refractivity contribution is 0.0949. The first-order chi connectivity index (χ1) is 12.8. The molecule has 3 heterocycles. The van der Waals surface area contributed by atoms with Crippen molar-refractivity contribution in [2.24, 2.45) is 0 Å². The van der Waals surface area contributed by atoms with Gasteiger partial charge in [-0.2, -0.15) is 4.98 Å². The van der Waals surface area contributed by atoms with Gasteiger partial charge in [0.05, 0.1) is 11.4 Å². The molecule has 2 aromatic heterocycles. The van der Waals surface area contributed by atoms with Gasteiger partial charge in [0.2, 0.25) is 0 Å². The largest absolute Gasteiger partial charge is 0.345 e. The number of hydrogen-bond acceptors (Lipinski definition) is 6. The highest BCUT2D eigenvalue weighted by Gasteiger charge is 2.16. The van der Waals surface area contributed by atoms with Gasteiger partial charge in [-0.3, -0.25) is 4.79 Å². The molecule has 0 saturated carbocycles. The van der Waals surface area contributed by atoms with Gasteiger partial charge < -0.3 is 15.2 Å². The Labute approximate surface area is 155 Å². The molecule has 7 heteroatoms. The van der Waals surface area contributed by atoms with Crippen LogP contribution in [-0.4, -0.2) is 29.1 Å². The van der Waals surface area contributed by atoms with Crippen LogP contribution < -0.4 is 10.6 Å². The maximum Gasteiger partial charge on any atom is 0.268 e. The van der Waals surface area contributed by atoms with Crippen molar-refractivity contribution in [1.82, 2.24) is 20.8 Å². The smallest absolute Gasteiger partial charge is 0.268 e. The SMILES string of the molecule is O=C(NCc1noc(-c2cccs2)n1)c1ccc(C2CCCNC2)cc1. The number of nitrogens with zero attached hydrogens (tertiary/aromatic N) is 2. The van der Waals surface area contributed by atoms with E-state index >= 15 is 0 Å². The van der Waals surface area contributed by atoms with E-state index in [1.54, 1.807) is 0 Å². The van der Waals surface area contributed by atoms with E-state index < -0.39 is 0 Å². The number of carbonyl (C=O) groups is 1. The Bertz CT molecular complexity index is 852. The monoisotopic (exact) mass is 368 g/mol. The summed E-state index contributed by atoms with van der Waals surface area (Å²) in [4.78, 5) is 17.6. The molecule has 1 fully saturated rings. The summed E-state index contributed by atoms with van der Waals surface area (Å²) in [6.07, 6.45) is 2.40. The van der Waals surface area contributed by atoms with E-state index in [0.29, 0.717) is 23.2 Å². The maximum absolute atomic E-state index is 12.3. The number of rotatable bonds is 5. The summed E-state index contributed by atoms with van der Waals surface area (Å²) in [6, 6.07) is 11.7. The summed E-state index contributed by atoms with van der Waals surface area (Å²) in [7, 11) is 0. The minimum atomic E-state index is -0.138. The summed E-state index contributed by atoms with van der Waals surface area (Å²) in [5.74, 6) is 1.35. The van der Waals surface area contributed by atoms with Gasteiger partial charge in [0.25, 0.3) is 11.8 Å². The Morgan fingerprint density at radius 2 is 2.19 bits per heavy atom. The van der Waals surface area contributed by atoms with E-state index in [0.717, 1.165) is 18.0 Å². The Morgan fingerprint density at radius 1 is 1.31 bits per heavy atom. The second-order valence-corrected chi connectivity index (χ2v) is 7.29. The Morgan fingerprint density at radius 3 is 2.92 bits per heavy atom. The molecule has 1 unspecified atom stereocenters. The van der Waals surface area contributed by atoms with Crippen LogP contribution in [0.25, 0.3) is 10.8 Å². The number of carbonyl (C=O) groups excluding carboxylic acids is 1. The molecule has 0 aliphatic carbocycles. The molecule has 3 aromatic rings. The molecule has 2 N–H and O–H groups in total. The van der Waals surface area contributed by atoms with Crippen molar-refractivity contribution in [2.75, 3.05) is 13.1 Å². The molecule has 1 aliphatic rings. The van der Waals surface area contributed by atoms with Crippen LogP contribution in [0, 0.1) is 0 Å². The van der Waals surface area contributed by atoms with Gasteiger partial charge in [-0.15, -0.1) is 11.3 Å². The molecule has 1 saturated heterocycles. The zero-order valence-electron chi connectivity index (χ0n) is 14.3. The lowest BCUT2D eigenvalue weighted by Gasteiger charge is -2.23. The molecule has 1 amide bonds. The highest BCUT2D eigenvalue weighted by molar-refractivity contribution is 7.13. The molecule has 0 spiro atoms. The third kappa shape index (κ3) is 3.84. The van der Waals surface area contributed by atoms with Gasteiger partial charge in [0.15, 0.2) is 5.82 Å². The van der Waals surface area contributed by atoms with Crippen LogP contribution in [0.2, 0.25) is 0 Å². The summed E-state index contributed by atoms with van der Waals surface area (Å²) in [6.45, 7) is 2.35. The fourth-order valence-electron chi connectivity index (χ4n) is 3.13. The first kappa shape index (κ1) is 16.9. The second kappa shape index (κ2) is 7.80. The third-order valence-electron chi connectivity index (χ3n) is 4.55. The first-order valence-corrected chi connectivity index (χ1v) is 9.63. The summed E-state index contributed by atoms with van der Waals surface area (Å²) >= 11 is 1.54. The number of aromatic nitrogens is 2. The maximum atomic E-state index is 12.3. The van der Waals surface area contributed by atoms with E-state index in [2.05, 4.69) is 32.9 Å². The molecular formula is C19H20N4O2S. The van der Waals surface area contributed by atoms with Crippen LogP contribution in [0.5, 0.6) is 0 Å². The summed E-state index contributed by atoms with van der Waals surface area (Å²) in [5, 5.41) is 12.1. The molecule has 6 nitrogen and oxygen atoms in total. The summed E-state index contributed by atoms with van der Waals surface area (Å²) < 4.78 is 5.22. The lowest BCUT2D eigenvalue weighted by Crippen LogP contribution is -2.28. The number of piperidine rings is 1. The molecule has 1 aliphatic heterocycles. The molecule has 0 bridgehead atoms. The van der Waals surface area contributed by atoms with Gasteiger partial charge in [-0.1, -0.05) is 23.4 Å². The zero-order valence-corrected chi connectivity index (χ0v) is 15.1. The topological polar surface area (TPSA) is 80.1 Å². The molecule has 1 aromatic carbocycles. The Hall–Kier alpha value is -2.51. The van der Waals surface area contributed by atoms with Gasteiger partial charge >= 0.3 is 0 Å². The van der Waals surface area contributed by atoms with Crippen molar-refractivity contribution < 1.29 is 9.32 Å². The fraction of sp³-hybridized carbons (Fsp3) is 0.316. The van der Waals surface area contributed by atoms with E-state index in [4.69, 9.17) is 4.52 Å². The van der Waals surface area contributed by atoms with Crippen molar-refractivity contribution in [3.05, 3.63) is 58.7 Å². The number of amides is 1. The Balaban J connectivity index is 1.34. The average molecular weight is 368 g/mol. The van der Waals surface area contributed by atoms with Crippen molar-refractivity contribution >= 4 is 17.2 Å². The van der Waals surface area contributed by atoms with Gasteiger partial charge in [-0.05, 0) is 54.4 Å². The molecule has 0 radical (unpaired) electrons. The quantitative estimate of drug-likeness (QED) is 0.723. The summed E-state index contributed by atoms with van der Waals surface area (Å²) in [5.41, 5.74) is 1.92. The molecule has 4 rings (SSSR count). The average Bonchev–Trinajstić information content (AvgIpc) is 3.38. The second-order valence-electron chi connectivity index (χ2n) is 6.34. The van der Waals surface area contributed by atoms with Crippen molar-refractivity contribution in [1.29, 1.82) is 0 Å². The highest BCUT2D eigenvalue weighted by Crippen LogP contribution is 2.24. The minimum absolute atomic E-state index is 0.138. The molecule has 26 heavy (non-hydrogen) atoms. The molecular weight excluding hydrogens is 348 g/mol. The number of benzene rings is 1. The van der Waals surface area contributed by atoms with Crippen LogP contribution in [0.15, 0.2) is 46.3 Å². The lowest BCUT2D eigenvalue weighted by atomic mass is 9.91. The van der Waals surface area contributed by atoms with Crippen LogP contribution in [-0.2, 0) is 6.54 Å².